The first-order chi connectivity index (χ1) is 21.8. The van der Waals surface area contributed by atoms with Crippen molar-refractivity contribution in [2.75, 3.05) is 42.5 Å². The zero-order valence-corrected chi connectivity index (χ0v) is 28.6. The Kier molecular flexibility index (Phi) is 13.1. The lowest BCUT2D eigenvalue weighted by molar-refractivity contribution is -0.122. The van der Waals surface area contributed by atoms with Crippen LogP contribution in [0.5, 0.6) is 0 Å². The number of carbonyl (C=O) groups excluding carboxylic acids is 1. The van der Waals surface area contributed by atoms with Crippen LogP contribution in [0.15, 0.2) is 34.0 Å². The first-order valence-corrected chi connectivity index (χ1v) is 17.7. The number of nitriles is 1. The summed E-state index contributed by atoms with van der Waals surface area (Å²) in [5.41, 5.74) is 2.01. The molecule has 1 aromatic heterocycles. The smallest absolute Gasteiger partial charge is 0.270 e. The van der Waals surface area contributed by atoms with Crippen molar-refractivity contribution < 1.29 is 9.18 Å². The quantitative estimate of drug-likeness (QED) is 0.111. The van der Waals surface area contributed by atoms with E-state index in [2.05, 4.69) is 22.8 Å². The summed E-state index contributed by atoms with van der Waals surface area (Å²) >= 11 is 6.93. The lowest BCUT2D eigenvalue weighted by Gasteiger charge is -2.39. The number of amides is 1. The molecule has 242 valence electrons. The van der Waals surface area contributed by atoms with Crippen LogP contribution in [-0.2, 0) is 11.3 Å². The summed E-state index contributed by atoms with van der Waals surface area (Å²) in [6.45, 7) is 9.54. The molecule has 0 aliphatic carbocycles. The van der Waals surface area contributed by atoms with Gasteiger partial charge in [-0.25, -0.2) is 4.39 Å². The van der Waals surface area contributed by atoms with Crippen molar-refractivity contribution in [2.45, 2.75) is 91.5 Å². The second-order valence-electron chi connectivity index (χ2n) is 11.9. The van der Waals surface area contributed by atoms with Crippen molar-refractivity contribution in [3.63, 3.8) is 0 Å². The van der Waals surface area contributed by atoms with E-state index >= 15 is 0 Å². The van der Waals surface area contributed by atoms with E-state index in [4.69, 9.17) is 12.2 Å². The van der Waals surface area contributed by atoms with Gasteiger partial charge in [-0.1, -0.05) is 88.7 Å². The van der Waals surface area contributed by atoms with Gasteiger partial charge in [-0.2, -0.15) is 5.26 Å². The number of unbranched alkanes of at least 4 members (excludes halogenated alkanes) is 9. The number of piperazine rings is 1. The van der Waals surface area contributed by atoms with Gasteiger partial charge in [0.25, 0.3) is 11.5 Å². The van der Waals surface area contributed by atoms with E-state index in [1.807, 2.05) is 13.0 Å². The Bertz CT molecular complexity index is 1470. The van der Waals surface area contributed by atoms with E-state index in [9.17, 15) is 19.2 Å². The predicted molar refractivity (Wildman–Crippen MR) is 188 cm³/mol. The predicted octanol–water partition coefficient (Wildman–Crippen LogP) is 7.64. The number of hydrogen-bond donors (Lipinski definition) is 0. The van der Waals surface area contributed by atoms with Gasteiger partial charge in [-0.05, 0) is 56.2 Å². The molecule has 0 unspecified atom stereocenters. The Balaban J connectivity index is 1.48. The standard InChI is InChI=1S/C35H46FN5O2S2/c1-4-6-7-8-9-10-11-12-13-14-19-41-34(43)31(45-35(41)44)24-29-26(3)30(25-37)33(42)40(5-2)32(29)39-22-20-38(21-23-39)28-17-15-27(36)16-18-28/h15-18,24H,4-14,19-23H2,1-3H3/b31-24-. The van der Waals surface area contributed by atoms with Gasteiger partial charge in [0.15, 0.2) is 0 Å². The van der Waals surface area contributed by atoms with Gasteiger partial charge in [0.1, 0.15) is 27.6 Å². The summed E-state index contributed by atoms with van der Waals surface area (Å²) in [6.07, 6.45) is 14.1. The fourth-order valence-electron chi connectivity index (χ4n) is 6.19. The van der Waals surface area contributed by atoms with E-state index < -0.39 is 0 Å². The number of thiocarbonyl (C=S) groups is 1. The second-order valence-corrected chi connectivity index (χ2v) is 13.5. The molecule has 0 radical (unpaired) electrons. The molecule has 0 bridgehead atoms. The van der Waals surface area contributed by atoms with Crippen molar-refractivity contribution >= 4 is 51.8 Å². The third-order valence-corrected chi connectivity index (χ3v) is 10.2. The molecule has 45 heavy (non-hydrogen) atoms. The molecule has 2 saturated heterocycles. The van der Waals surface area contributed by atoms with Crippen molar-refractivity contribution in [3.8, 4) is 6.07 Å². The number of aromatic nitrogens is 1. The average Bonchev–Trinajstić information content (AvgIpc) is 3.31. The van der Waals surface area contributed by atoms with Crippen LogP contribution in [0.4, 0.5) is 15.9 Å². The van der Waals surface area contributed by atoms with Gasteiger partial charge in [0.2, 0.25) is 0 Å². The van der Waals surface area contributed by atoms with E-state index in [1.165, 1.54) is 75.3 Å². The van der Waals surface area contributed by atoms with Gasteiger partial charge < -0.3 is 9.80 Å². The van der Waals surface area contributed by atoms with Gasteiger partial charge in [-0.15, -0.1) is 0 Å². The molecule has 2 aliphatic rings. The summed E-state index contributed by atoms with van der Waals surface area (Å²) in [7, 11) is 0. The number of rotatable bonds is 15. The highest BCUT2D eigenvalue weighted by atomic mass is 32.2. The van der Waals surface area contributed by atoms with Gasteiger partial charge in [0.05, 0.1) is 4.91 Å². The lowest BCUT2D eigenvalue weighted by atomic mass is 10.0. The minimum Gasteiger partial charge on any atom is -0.368 e. The molecule has 1 aromatic carbocycles. The molecule has 0 N–H and O–H groups in total. The average molecular weight is 652 g/mol. The van der Waals surface area contributed by atoms with Gasteiger partial charge in [-0.3, -0.25) is 19.1 Å². The highest BCUT2D eigenvalue weighted by Crippen LogP contribution is 2.36. The van der Waals surface area contributed by atoms with Crippen LogP contribution < -0.4 is 15.4 Å². The minimum atomic E-state index is -0.320. The molecule has 3 heterocycles. The van der Waals surface area contributed by atoms with Crippen molar-refractivity contribution in [2.24, 2.45) is 0 Å². The summed E-state index contributed by atoms with van der Waals surface area (Å²) in [5, 5.41) is 9.91. The second kappa shape index (κ2) is 17.0. The van der Waals surface area contributed by atoms with Gasteiger partial charge >= 0.3 is 0 Å². The molecule has 0 spiro atoms. The van der Waals surface area contributed by atoms with E-state index in [1.54, 1.807) is 28.5 Å². The molecule has 7 nitrogen and oxygen atoms in total. The molecule has 2 fully saturated rings. The van der Waals surface area contributed by atoms with Crippen LogP contribution in [0.2, 0.25) is 0 Å². The van der Waals surface area contributed by atoms with Crippen LogP contribution in [0.1, 0.15) is 94.7 Å². The Morgan fingerprint density at radius 3 is 2.07 bits per heavy atom. The Morgan fingerprint density at radius 2 is 1.49 bits per heavy atom. The number of thioether (sulfide) groups is 1. The van der Waals surface area contributed by atoms with E-state index in [0.29, 0.717) is 59.6 Å². The molecule has 10 heteroatoms. The van der Waals surface area contributed by atoms with Crippen LogP contribution in [-0.4, -0.2) is 52.4 Å². The summed E-state index contributed by atoms with van der Waals surface area (Å²) < 4.78 is 15.7. The largest absolute Gasteiger partial charge is 0.368 e. The number of pyridine rings is 1. The van der Waals surface area contributed by atoms with E-state index in [0.717, 1.165) is 24.3 Å². The maximum Gasteiger partial charge on any atom is 0.270 e. The zero-order valence-electron chi connectivity index (χ0n) is 26.9. The lowest BCUT2D eigenvalue weighted by Crippen LogP contribution is -2.48. The van der Waals surface area contributed by atoms with Crippen LogP contribution >= 0.6 is 24.0 Å². The van der Waals surface area contributed by atoms with E-state index in [-0.39, 0.29) is 22.8 Å². The fraction of sp³-hybridized carbons (Fsp3) is 0.543. The van der Waals surface area contributed by atoms with Gasteiger partial charge in [0, 0.05) is 50.5 Å². The third kappa shape index (κ3) is 8.56. The molecule has 0 atom stereocenters. The minimum absolute atomic E-state index is 0.0950. The Labute approximate surface area is 277 Å². The Morgan fingerprint density at radius 1 is 0.911 bits per heavy atom. The first kappa shape index (κ1) is 34.7. The topological polar surface area (TPSA) is 72.6 Å². The molecule has 1 amide bonds. The highest BCUT2D eigenvalue weighted by molar-refractivity contribution is 8.26. The molecule has 0 saturated carbocycles. The molecular weight excluding hydrogens is 606 g/mol. The number of carbonyl (C=O) groups is 1. The van der Waals surface area contributed by atoms with Crippen LogP contribution in [0.25, 0.3) is 6.08 Å². The summed E-state index contributed by atoms with van der Waals surface area (Å²) in [4.78, 5) is 33.6. The fourth-order valence-corrected chi connectivity index (χ4v) is 7.48. The van der Waals surface area contributed by atoms with Crippen molar-refractivity contribution in [3.05, 3.63) is 62.0 Å². The van der Waals surface area contributed by atoms with Crippen LogP contribution in [0.3, 0.4) is 0 Å². The maximum absolute atomic E-state index is 13.6. The van der Waals surface area contributed by atoms with Crippen LogP contribution in [0, 0.1) is 24.1 Å². The number of anilines is 2. The summed E-state index contributed by atoms with van der Waals surface area (Å²) in [5.74, 6) is 0.342. The highest BCUT2D eigenvalue weighted by Gasteiger charge is 2.33. The monoisotopic (exact) mass is 651 g/mol. The third-order valence-electron chi connectivity index (χ3n) is 8.82. The van der Waals surface area contributed by atoms with Crippen molar-refractivity contribution in [1.29, 1.82) is 5.26 Å². The molecule has 2 aromatic rings. The number of halogens is 1. The number of hydrogen-bond acceptors (Lipinski definition) is 7. The molecule has 2 aliphatic heterocycles. The Hall–Kier alpha value is -3.16. The first-order valence-electron chi connectivity index (χ1n) is 16.5. The maximum atomic E-state index is 13.6. The number of nitrogens with zero attached hydrogens (tertiary/aromatic N) is 5. The molecular formula is C35H46FN5O2S2. The van der Waals surface area contributed by atoms with Crippen molar-refractivity contribution in [1.82, 2.24) is 9.47 Å². The molecule has 4 rings (SSSR count). The number of benzene rings is 1. The zero-order chi connectivity index (χ0) is 32.3. The normalized spacial score (nSPS) is 16.2. The SMILES string of the molecule is CCCCCCCCCCCCN1C(=O)/C(=C/c2c(C)c(C#N)c(=O)n(CC)c2N2CCN(c3ccc(F)cc3)CC2)SC1=S. The summed E-state index contributed by atoms with van der Waals surface area (Å²) in [6, 6.07) is 8.60.